The Morgan fingerprint density at radius 2 is 1.81 bits per heavy atom. The Balaban J connectivity index is 1.47. The fourth-order valence-corrected chi connectivity index (χ4v) is 5.18. The maximum Gasteiger partial charge on any atom is 0.243 e. The number of piperidine rings is 1. The van der Waals surface area contributed by atoms with Gasteiger partial charge in [0.25, 0.3) is 0 Å². The van der Waals surface area contributed by atoms with Gasteiger partial charge in [0.05, 0.1) is 10.8 Å². The summed E-state index contributed by atoms with van der Waals surface area (Å²) in [5.41, 5.74) is 0. The van der Waals surface area contributed by atoms with Crippen LogP contribution in [0.5, 0.6) is 0 Å². The number of hydrogen-bond acceptors (Lipinski definition) is 4. The van der Waals surface area contributed by atoms with Crippen molar-refractivity contribution in [3.05, 3.63) is 30.1 Å². The molecule has 1 N–H and O–H groups in total. The zero-order valence-corrected chi connectivity index (χ0v) is 16.5. The van der Waals surface area contributed by atoms with E-state index in [1.807, 2.05) is 0 Å². The molecule has 1 aromatic rings. The number of likely N-dealkylation sites (tertiary alicyclic amines) is 1. The molecule has 2 saturated heterocycles. The number of carbonyl (C=O) groups excluding carboxylic acids is 1. The van der Waals surface area contributed by atoms with Crippen LogP contribution in [-0.4, -0.2) is 62.8 Å². The number of nitrogens with zero attached hydrogens (tertiary/aromatic N) is 2. The van der Waals surface area contributed by atoms with E-state index in [1.54, 1.807) is 0 Å². The molecule has 3 rings (SSSR count). The van der Waals surface area contributed by atoms with E-state index >= 15 is 0 Å². The van der Waals surface area contributed by atoms with Crippen LogP contribution in [0.1, 0.15) is 26.2 Å². The molecule has 0 radical (unpaired) electrons. The monoisotopic (exact) mass is 397 g/mol. The van der Waals surface area contributed by atoms with Gasteiger partial charge in [0, 0.05) is 26.2 Å². The van der Waals surface area contributed by atoms with Gasteiger partial charge in [-0.2, -0.15) is 4.31 Å². The highest BCUT2D eigenvalue weighted by Gasteiger charge is 2.35. The van der Waals surface area contributed by atoms with Gasteiger partial charge in [-0.3, -0.25) is 4.79 Å². The molecule has 0 spiro atoms. The van der Waals surface area contributed by atoms with Crippen molar-refractivity contribution in [1.82, 2.24) is 14.5 Å². The van der Waals surface area contributed by atoms with Crippen molar-refractivity contribution in [1.29, 1.82) is 0 Å². The maximum absolute atomic E-state index is 13.0. The van der Waals surface area contributed by atoms with Crippen LogP contribution >= 0.6 is 0 Å². The van der Waals surface area contributed by atoms with Gasteiger partial charge in [-0.15, -0.1) is 0 Å². The van der Waals surface area contributed by atoms with Crippen molar-refractivity contribution in [3.63, 3.8) is 0 Å². The summed E-state index contributed by atoms with van der Waals surface area (Å²) < 4.78 is 39.6. The normalized spacial score (nSPS) is 22.8. The van der Waals surface area contributed by atoms with E-state index in [4.69, 9.17) is 0 Å². The Kier molecular flexibility index (Phi) is 6.49. The van der Waals surface area contributed by atoms with Crippen molar-refractivity contribution in [2.24, 2.45) is 11.8 Å². The third-order valence-electron chi connectivity index (χ3n) is 5.58. The van der Waals surface area contributed by atoms with Crippen molar-refractivity contribution in [2.75, 3.05) is 39.3 Å². The average molecular weight is 398 g/mol. The molecular formula is C19H28FN3O3S. The lowest BCUT2D eigenvalue weighted by molar-refractivity contribution is -0.124. The van der Waals surface area contributed by atoms with Crippen LogP contribution < -0.4 is 5.32 Å². The van der Waals surface area contributed by atoms with Crippen molar-refractivity contribution >= 4 is 15.9 Å². The largest absolute Gasteiger partial charge is 0.355 e. The molecule has 2 heterocycles. The Morgan fingerprint density at radius 1 is 1.15 bits per heavy atom. The lowest BCUT2D eigenvalue weighted by atomic mass is 9.99. The van der Waals surface area contributed by atoms with E-state index in [1.165, 1.54) is 29.3 Å². The quantitative estimate of drug-likeness (QED) is 0.793. The Morgan fingerprint density at radius 3 is 2.48 bits per heavy atom. The Labute approximate surface area is 160 Å². The van der Waals surface area contributed by atoms with Crippen LogP contribution in [0.3, 0.4) is 0 Å². The molecule has 6 nitrogen and oxygen atoms in total. The molecule has 0 bridgehead atoms. The Hall–Kier alpha value is -1.51. The van der Waals surface area contributed by atoms with E-state index in [-0.39, 0.29) is 23.3 Å². The fourth-order valence-electron chi connectivity index (χ4n) is 3.68. The van der Waals surface area contributed by atoms with Crippen LogP contribution in [0.25, 0.3) is 0 Å². The Bertz CT molecular complexity index is 746. The van der Waals surface area contributed by atoms with E-state index in [0.717, 1.165) is 37.7 Å². The molecule has 0 aromatic heterocycles. The highest BCUT2D eigenvalue weighted by Crippen LogP contribution is 2.24. The third-order valence-corrected chi connectivity index (χ3v) is 7.46. The molecule has 2 fully saturated rings. The van der Waals surface area contributed by atoms with Crippen LogP contribution in [0.2, 0.25) is 0 Å². The molecule has 0 aliphatic carbocycles. The first-order valence-corrected chi connectivity index (χ1v) is 11.1. The van der Waals surface area contributed by atoms with Crippen LogP contribution in [0.4, 0.5) is 4.39 Å². The molecule has 0 unspecified atom stereocenters. The molecule has 2 aliphatic rings. The smallest absolute Gasteiger partial charge is 0.243 e. The summed E-state index contributed by atoms with van der Waals surface area (Å²) >= 11 is 0. The summed E-state index contributed by atoms with van der Waals surface area (Å²) in [6.07, 6.45) is 2.91. The molecule has 27 heavy (non-hydrogen) atoms. The molecule has 0 saturated carbocycles. The lowest BCUT2D eigenvalue weighted by Crippen LogP contribution is -2.41. The zero-order chi connectivity index (χ0) is 19.4. The van der Waals surface area contributed by atoms with Crippen LogP contribution in [0.15, 0.2) is 29.2 Å². The number of rotatable bonds is 6. The number of carbonyl (C=O) groups is 1. The molecular weight excluding hydrogens is 369 g/mol. The van der Waals surface area contributed by atoms with Gasteiger partial charge in [0.2, 0.25) is 15.9 Å². The van der Waals surface area contributed by atoms with E-state index in [9.17, 15) is 17.6 Å². The predicted octanol–water partition coefficient (Wildman–Crippen LogP) is 1.68. The first kappa shape index (κ1) is 20.2. The second-order valence-electron chi connectivity index (χ2n) is 7.62. The van der Waals surface area contributed by atoms with Gasteiger partial charge in [0.1, 0.15) is 5.82 Å². The summed E-state index contributed by atoms with van der Waals surface area (Å²) in [6, 6.07) is 4.79. The van der Waals surface area contributed by atoms with E-state index in [0.29, 0.717) is 19.5 Å². The molecule has 1 aromatic carbocycles. The average Bonchev–Trinajstić information content (AvgIpc) is 3.15. The van der Waals surface area contributed by atoms with Crippen molar-refractivity contribution in [3.8, 4) is 0 Å². The number of amides is 1. The standard InChI is InChI=1S/C19H28FN3O3S/c1-15-6-10-22(11-7-15)13-9-21-19(24)16-8-12-23(14-16)27(25,26)18-4-2-17(20)3-5-18/h2-5,15-16H,6-14H2,1H3,(H,21,24)/t16-/m0/s1. The second kappa shape index (κ2) is 8.67. The van der Waals surface area contributed by atoms with Crippen molar-refractivity contribution < 1.29 is 17.6 Å². The number of sulfonamides is 1. The number of halogens is 1. The molecule has 150 valence electrons. The maximum atomic E-state index is 13.0. The summed E-state index contributed by atoms with van der Waals surface area (Å²) in [5.74, 6) is -0.113. The summed E-state index contributed by atoms with van der Waals surface area (Å²) in [7, 11) is -3.69. The predicted molar refractivity (Wildman–Crippen MR) is 101 cm³/mol. The summed E-state index contributed by atoms with van der Waals surface area (Å²) in [4.78, 5) is 14.8. The zero-order valence-electron chi connectivity index (χ0n) is 15.7. The number of nitrogens with one attached hydrogen (secondary N) is 1. The highest BCUT2D eigenvalue weighted by molar-refractivity contribution is 7.89. The van der Waals surface area contributed by atoms with Gasteiger partial charge in [-0.05, 0) is 62.5 Å². The van der Waals surface area contributed by atoms with Crippen LogP contribution in [0, 0.1) is 17.7 Å². The van der Waals surface area contributed by atoms with Gasteiger partial charge in [0.15, 0.2) is 0 Å². The molecule has 8 heteroatoms. The minimum absolute atomic E-state index is 0.0595. The van der Waals surface area contributed by atoms with E-state index < -0.39 is 15.8 Å². The number of hydrogen-bond donors (Lipinski definition) is 1. The molecule has 2 aliphatic heterocycles. The second-order valence-corrected chi connectivity index (χ2v) is 9.56. The summed E-state index contributed by atoms with van der Waals surface area (Å²) in [6.45, 7) is 6.32. The van der Waals surface area contributed by atoms with Crippen molar-refractivity contribution in [2.45, 2.75) is 31.1 Å². The fraction of sp³-hybridized carbons (Fsp3) is 0.632. The first-order chi connectivity index (χ1) is 12.9. The molecule has 1 amide bonds. The lowest BCUT2D eigenvalue weighted by Gasteiger charge is -2.30. The first-order valence-electron chi connectivity index (χ1n) is 9.62. The van der Waals surface area contributed by atoms with Gasteiger partial charge in [-0.25, -0.2) is 12.8 Å². The minimum Gasteiger partial charge on any atom is -0.355 e. The van der Waals surface area contributed by atoms with Gasteiger partial charge >= 0.3 is 0 Å². The minimum atomic E-state index is -3.69. The van der Waals surface area contributed by atoms with E-state index in [2.05, 4.69) is 17.1 Å². The topological polar surface area (TPSA) is 69.7 Å². The molecule has 1 atom stereocenters. The van der Waals surface area contributed by atoms with Gasteiger partial charge < -0.3 is 10.2 Å². The number of benzene rings is 1. The SMILES string of the molecule is CC1CCN(CCNC(=O)[C@H]2CCN(S(=O)(=O)c3ccc(F)cc3)C2)CC1. The van der Waals surface area contributed by atoms with Crippen LogP contribution in [-0.2, 0) is 14.8 Å². The highest BCUT2D eigenvalue weighted by atomic mass is 32.2. The summed E-state index contributed by atoms with van der Waals surface area (Å²) in [5, 5.41) is 2.95. The van der Waals surface area contributed by atoms with Gasteiger partial charge in [-0.1, -0.05) is 6.92 Å². The third kappa shape index (κ3) is 5.06.